The molecule has 0 unspecified atom stereocenters. The van der Waals surface area contributed by atoms with Crippen LogP contribution in [-0.2, 0) is 17.9 Å². The Morgan fingerprint density at radius 2 is 1.80 bits per heavy atom. The number of amides is 4. The van der Waals surface area contributed by atoms with Gasteiger partial charge < -0.3 is 4.90 Å². The number of hydrogen-bond acceptors (Lipinski definition) is 3. The lowest BCUT2D eigenvalue weighted by atomic mass is 10.0. The average molecular weight is 403 g/mol. The maximum absolute atomic E-state index is 14.0. The van der Waals surface area contributed by atoms with Crippen molar-refractivity contribution in [2.45, 2.75) is 19.5 Å². The molecule has 6 nitrogen and oxygen atoms in total. The molecule has 0 atom stereocenters. The average Bonchev–Trinajstić information content (AvgIpc) is 3.18. The standard InChI is InChI=1S/C23H18FN3O3/c24-20-3-1-2-16-12-26(13-19(16)20)22(29)15-5-4-14-6-7-18(11-17(14)10-15)27-9-8-21(28)25-23(27)30/h1-7,10-11H,8-9,12-13H2,(H,25,28,30). The van der Waals surface area contributed by atoms with Crippen molar-refractivity contribution in [2.75, 3.05) is 11.4 Å². The Hall–Kier alpha value is -3.74. The molecule has 0 spiro atoms. The highest BCUT2D eigenvalue weighted by atomic mass is 19.1. The van der Waals surface area contributed by atoms with E-state index in [-0.39, 0.29) is 30.6 Å². The third-order valence-corrected chi connectivity index (χ3v) is 5.65. The van der Waals surface area contributed by atoms with Gasteiger partial charge in [0.1, 0.15) is 5.82 Å². The van der Waals surface area contributed by atoms with Crippen LogP contribution >= 0.6 is 0 Å². The van der Waals surface area contributed by atoms with Gasteiger partial charge in [-0.2, -0.15) is 0 Å². The van der Waals surface area contributed by atoms with E-state index in [0.717, 1.165) is 16.3 Å². The number of fused-ring (bicyclic) bond motifs is 2. The van der Waals surface area contributed by atoms with E-state index in [1.165, 1.54) is 11.0 Å². The van der Waals surface area contributed by atoms with Crippen molar-refractivity contribution in [1.29, 1.82) is 0 Å². The van der Waals surface area contributed by atoms with Gasteiger partial charge in [0.2, 0.25) is 5.91 Å². The third kappa shape index (κ3) is 3.08. The van der Waals surface area contributed by atoms with Crippen LogP contribution in [0.3, 0.4) is 0 Å². The molecular weight excluding hydrogens is 385 g/mol. The van der Waals surface area contributed by atoms with E-state index in [9.17, 15) is 18.8 Å². The van der Waals surface area contributed by atoms with E-state index >= 15 is 0 Å². The minimum absolute atomic E-state index is 0.167. The second-order valence-electron chi connectivity index (χ2n) is 7.54. The van der Waals surface area contributed by atoms with E-state index in [2.05, 4.69) is 5.32 Å². The number of anilines is 1. The van der Waals surface area contributed by atoms with Gasteiger partial charge in [-0.3, -0.25) is 19.8 Å². The van der Waals surface area contributed by atoms with Crippen LogP contribution in [0.1, 0.15) is 27.9 Å². The number of nitrogens with zero attached hydrogens (tertiary/aromatic N) is 2. The lowest BCUT2D eigenvalue weighted by molar-refractivity contribution is -0.120. The Morgan fingerprint density at radius 3 is 2.60 bits per heavy atom. The first kappa shape index (κ1) is 18.3. The number of nitrogens with one attached hydrogen (secondary N) is 1. The molecule has 7 heteroatoms. The predicted molar refractivity (Wildman–Crippen MR) is 109 cm³/mol. The first-order valence-corrected chi connectivity index (χ1v) is 9.70. The number of carbonyl (C=O) groups excluding carboxylic acids is 3. The largest absolute Gasteiger partial charge is 0.330 e. The Labute approximate surface area is 171 Å². The van der Waals surface area contributed by atoms with Crippen LogP contribution in [0, 0.1) is 5.82 Å². The summed E-state index contributed by atoms with van der Waals surface area (Å²) in [7, 11) is 0. The van der Waals surface area contributed by atoms with Gasteiger partial charge >= 0.3 is 6.03 Å². The predicted octanol–water partition coefficient (Wildman–Crippen LogP) is 3.58. The van der Waals surface area contributed by atoms with Crippen LogP contribution in [0.15, 0.2) is 54.6 Å². The zero-order chi connectivity index (χ0) is 20.8. The number of imide groups is 1. The molecule has 1 fully saturated rings. The maximum Gasteiger partial charge on any atom is 0.328 e. The molecule has 30 heavy (non-hydrogen) atoms. The molecule has 3 aromatic rings. The van der Waals surface area contributed by atoms with Crippen molar-refractivity contribution < 1.29 is 18.8 Å². The number of rotatable bonds is 2. The highest BCUT2D eigenvalue weighted by Gasteiger charge is 2.27. The van der Waals surface area contributed by atoms with Gasteiger partial charge in [-0.25, -0.2) is 9.18 Å². The molecule has 5 rings (SSSR count). The molecule has 0 aliphatic carbocycles. The summed E-state index contributed by atoms with van der Waals surface area (Å²) in [6.07, 6.45) is 0.244. The van der Waals surface area contributed by atoms with Crippen LogP contribution < -0.4 is 10.2 Å². The zero-order valence-electron chi connectivity index (χ0n) is 16.0. The molecule has 3 aromatic carbocycles. The quantitative estimate of drug-likeness (QED) is 0.711. The smallest absolute Gasteiger partial charge is 0.328 e. The van der Waals surface area contributed by atoms with Crippen LogP contribution in [0.4, 0.5) is 14.9 Å². The van der Waals surface area contributed by atoms with Gasteiger partial charge in [0.15, 0.2) is 0 Å². The van der Waals surface area contributed by atoms with Crippen LogP contribution in [-0.4, -0.2) is 29.3 Å². The van der Waals surface area contributed by atoms with Crippen LogP contribution in [0.2, 0.25) is 0 Å². The van der Waals surface area contributed by atoms with Crippen LogP contribution in [0.25, 0.3) is 10.8 Å². The van der Waals surface area contributed by atoms with Crippen molar-refractivity contribution in [2.24, 2.45) is 0 Å². The normalized spacial score (nSPS) is 16.0. The van der Waals surface area contributed by atoms with Gasteiger partial charge in [0.05, 0.1) is 0 Å². The number of urea groups is 1. The summed E-state index contributed by atoms with van der Waals surface area (Å²) in [6, 6.07) is 15.4. The Bertz CT molecular complexity index is 1220. The van der Waals surface area contributed by atoms with Crippen molar-refractivity contribution in [3.63, 3.8) is 0 Å². The number of halogens is 1. The Morgan fingerprint density at radius 1 is 0.967 bits per heavy atom. The molecule has 150 valence electrons. The summed E-state index contributed by atoms with van der Waals surface area (Å²) in [5, 5.41) is 4.05. The second kappa shape index (κ2) is 6.95. The number of carbonyl (C=O) groups is 3. The van der Waals surface area contributed by atoms with Crippen molar-refractivity contribution in [1.82, 2.24) is 10.2 Å². The summed E-state index contributed by atoms with van der Waals surface area (Å²) < 4.78 is 14.0. The number of hydrogen-bond donors (Lipinski definition) is 1. The summed E-state index contributed by atoms with van der Waals surface area (Å²) in [4.78, 5) is 39.7. The lowest BCUT2D eigenvalue weighted by Gasteiger charge is -2.26. The summed E-state index contributed by atoms with van der Waals surface area (Å²) in [6.45, 7) is 0.944. The monoisotopic (exact) mass is 403 g/mol. The molecule has 4 amide bonds. The molecule has 0 aromatic heterocycles. The molecule has 0 saturated carbocycles. The zero-order valence-corrected chi connectivity index (χ0v) is 16.0. The fraction of sp³-hybridized carbons (Fsp3) is 0.174. The molecular formula is C23H18FN3O3. The first-order chi connectivity index (χ1) is 14.5. The van der Waals surface area contributed by atoms with Gasteiger partial charge in [-0.15, -0.1) is 0 Å². The highest BCUT2D eigenvalue weighted by molar-refractivity contribution is 6.06. The van der Waals surface area contributed by atoms with E-state index in [0.29, 0.717) is 29.9 Å². The van der Waals surface area contributed by atoms with E-state index in [4.69, 9.17) is 0 Å². The highest BCUT2D eigenvalue weighted by Crippen LogP contribution is 2.28. The fourth-order valence-corrected chi connectivity index (χ4v) is 4.05. The van der Waals surface area contributed by atoms with Gasteiger partial charge in [-0.05, 0) is 46.7 Å². The van der Waals surface area contributed by atoms with E-state index in [1.807, 2.05) is 30.3 Å². The summed E-state index contributed by atoms with van der Waals surface area (Å²) in [5.41, 5.74) is 2.57. The molecule has 0 radical (unpaired) electrons. The van der Waals surface area contributed by atoms with E-state index < -0.39 is 6.03 Å². The Balaban J connectivity index is 1.43. The van der Waals surface area contributed by atoms with Gasteiger partial charge in [0.25, 0.3) is 5.91 Å². The molecule has 2 aliphatic rings. The molecule has 2 aliphatic heterocycles. The van der Waals surface area contributed by atoms with Crippen molar-refractivity contribution in [3.8, 4) is 0 Å². The fourth-order valence-electron chi connectivity index (χ4n) is 4.05. The lowest BCUT2D eigenvalue weighted by Crippen LogP contribution is -2.49. The second-order valence-corrected chi connectivity index (χ2v) is 7.54. The Kier molecular flexibility index (Phi) is 4.24. The first-order valence-electron chi connectivity index (χ1n) is 9.70. The SMILES string of the molecule is O=C1CCN(c2ccc3ccc(C(=O)N4Cc5cccc(F)c5C4)cc3c2)C(=O)N1. The van der Waals surface area contributed by atoms with E-state index in [1.54, 1.807) is 23.1 Å². The van der Waals surface area contributed by atoms with Gasteiger partial charge in [0, 0.05) is 42.9 Å². The summed E-state index contributed by atoms with van der Waals surface area (Å²) >= 11 is 0. The van der Waals surface area contributed by atoms with Crippen molar-refractivity contribution in [3.05, 3.63) is 77.1 Å². The molecule has 1 saturated heterocycles. The molecule has 1 N–H and O–H groups in total. The third-order valence-electron chi connectivity index (χ3n) is 5.65. The minimum atomic E-state index is -0.449. The molecule has 2 heterocycles. The van der Waals surface area contributed by atoms with Crippen molar-refractivity contribution >= 4 is 34.3 Å². The maximum atomic E-state index is 14.0. The topological polar surface area (TPSA) is 69.7 Å². The minimum Gasteiger partial charge on any atom is -0.330 e. The van der Waals surface area contributed by atoms with Gasteiger partial charge in [-0.1, -0.05) is 24.3 Å². The molecule has 0 bridgehead atoms. The van der Waals surface area contributed by atoms with Crippen LogP contribution in [0.5, 0.6) is 0 Å². The summed E-state index contributed by atoms with van der Waals surface area (Å²) in [5.74, 6) is -0.739. The number of benzene rings is 3.